The van der Waals surface area contributed by atoms with Gasteiger partial charge in [0.2, 0.25) is 15.9 Å². The van der Waals surface area contributed by atoms with Crippen LogP contribution in [0.5, 0.6) is 0 Å². The topological polar surface area (TPSA) is 66.5 Å². The number of amides is 1. The summed E-state index contributed by atoms with van der Waals surface area (Å²) >= 11 is 12.1. The second-order valence-electron chi connectivity index (χ2n) is 7.20. The second-order valence-corrected chi connectivity index (χ2v) is 9.95. The molecule has 0 heterocycles. The summed E-state index contributed by atoms with van der Waals surface area (Å²) in [5, 5.41) is 3.30. The number of carbonyl (C=O) groups is 1. The first-order valence-corrected chi connectivity index (χ1v) is 11.8. The van der Waals surface area contributed by atoms with E-state index in [2.05, 4.69) is 5.32 Å². The monoisotopic (exact) mass is 454 g/mol. The van der Waals surface area contributed by atoms with Crippen LogP contribution in [-0.4, -0.2) is 37.8 Å². The number of halogens is 2. The van der Waals surface area contributed by atoms with E-state index in [4.69, 9.17) is 23.2 Å². The zero-order chi connectivity index (χ0) is 20.9. The summed E-state index contributed by atoms with van der Waals surface area (Å²) in [6.07, 6.45) is 4.51. The van der Waals surface area contributed by atoms with Crippen molar-refractivity contribution >= 4 is 39.1 Å². The maximum Gasteiger partial charge on any atom is 0.245 e. The van der Waals surface area contributed by atoms with Gasteiger partial charge in [-0.3, -0.25) is 4.79 Å². The van der Waals surface area contributed by atoms with Gasteiger partial charge in [-0.15, -0.1) is 0 Å². The molecule has 3 rings (SSSR count). The largest absolute Gasteiger partial charge is 0.352 e. The lowest BCUT2D eigenvalue weighted by molar-refractivity contribution is -0.122. The van der Waals surface area contributed by atoms with E-state index >= 15 is 0 Å². The number of carbonyl (C=O) groups excluding carboxylic acids is 1. The Morgan fingerprint density at radius 1 is 1.07 bits per heavy atom. The maximum atomic E-state index is 13.3. The predicted octanol–water partition coefficient (Wildman–Crippen LogP) is 4.29. The van der Waals surface area contributed by atoms with Crippen LogP contribution in [0.4, 0.5) is 0 Å². The average Bonchev–Trinajstić information content (AvgIpc) is 3.20. The highest BCUT2D eigenvalue weighted by Crippen LogP contribution is 2.28. The van der Waals surface area contributed by atoms with Crippen molar-refractivity contribution in [2.75, 3.05) is 13.1 Å². The van der Waals surface area contributed by atoms with E-state index in [1.807, 2.05) is 30.3 Å². The van der Waals surface area contributed by atoms with Gasteiger partial charge in [0.25, 0.3) is 0 Å². The van der Waals surface area contributed by atoms with Gasteiger partial charge in [0.1, 0.15) is 4.90 Å². The van der Waals surface area contributed by atoms with Gasteiger partial charge in [-0.2, -0.15) is 4.31 Å². The molecule has 0 atom stereocenters. The molecule has 0 aromatic heterocycles. The molecule has 29 heavy (non-hydrogen) atoms. The molecule has 0 unspecified atom stereocenters. The summed E-state index contributed by atoms with van der Waals surface area (Å²) in [6, 6.07) is 14.0. The fourth-order valence-corrected chi connectivity index (χ4v) is 5.63. The Balaban J connectivity index is 1.82. The van der Waals surface area contributed by atoms with Crippen molar-refractivity contribution < 1.29 is 13.2 Å². The molecule has 0 bridgehead atoms. The molecule has 5 nitrogen and oxygen atoms in total. The molecule has 2 aromatic carbocycles. The minimum absolute atomic E-state index is 0.0790. The number of hydrogen-bond acceptors (Lipinski definition) is 3. The van der Waals surface area contributed by atoms with Crippen molar-refractivity contribution in [1.29, 1.82) is 0 Å². The zero-order valence-corrected chi connectivity index (χ0v) is 18.3. The third-order valence-electron chi connectivity index (χ3n) is 5.04. The summed E-state index contributed by atoms with van der Waals surface area (Å²) in [4.78, 5) is 12.5. The number of rotatable bonds is 8. The molecule has 1 N–H and O–H groups in total. The highest BCUT2D eigenvalue weighted by molar-refractivity contribution is 7.89. The van der Waals surface area contributed by atoms with Gasteiger partial charge in [0.05, 0.1) is 11.6 Å². The van der Waals surface area contributed by atoms with Crippen LogP contribution in [0.1, 0.15) is 31.2 Å². The highest BCUT2D eigenvalue weighted by Gasteiger charge is 2.29. The normalized spacial score (nSPS) is 15.0. The van der Waals surface area contributed by atoms with E-state index in [1.54, 1.807) is 0 Å². The maximum absolute atomic E-state index is 13.3. The summed E-state index contributed by atoms with van der Waals surface area (Å²) in [5.74, 6) is -0.299. The lowest BCUT2D eigenvalue weighted by Crippen LogP contribution is -2.44. The highest BCUT2D eigenvalue weighted by atomic mass is 35.5. The molecule has 156 valence electrons. The fraction of sp³-hybridized carbons (Fsp3) is 0.381. The van der Waals surface area contributed by atoms with E-state index in [-0.39, 0.29) is 40.0 Å². The molecular formula is C21H24Cl2N2O3S. The third kappa shape index (κ3) is 5.95. The molecule has 0 radical (unpaired) electrons. The van der Waals surface area contributed by atoms with Crippen molar-refractivity contribution in [3.05, 3.63) is 64.1 Å². The van der Waals surface area contributed by atoms with E-state index in [1.165, 1.54) is 22.5 Å². The molecule has 0 saturated heterocycles. The smallest absolute Gasteiger partial charge is 0.245 e. The molecule has 0 aliphatic heterocycles. The number of sulfonamides is 1. The molecule has 1 aliphatic carbocycles. The van der Waals surface area contributed by atoms with Crippen LogP contribution in [0.25, 0.3) is 0 Å². The van der Waals surface area contributed by atoms with Gasteiger partial charge in [-0.1, -0.05) is 66.4 Å². The predicted molar refractivity (Wildman–Crippen MR) is 116 cm³/mol. The summed E-state index contributed by atoms with van der Waals surface area (Å²) in [5.41, 5.74) is 0.987. The van der Waals surface area contributed by atoms with Crippen molar-refractivity contribution in [3.63, 3.8) is 0 Å². The van der Waals surface area contributed by atoms with Crippen LogP contribution in [0.3, 0.4) is 0 Å². The lowest BCUT2D eigenvalue weighted by Gasteiger charge is -2.23. The molecule has 0 spiro atoms. The minimum atomic E-state index is -4.00. The van der Waals surface area contributed by atoms with Gasteiger partial charge in [-0.05, 0) is 43.0 Å². The molecule has 1 fully saturated rings. The average molecular weight is 455 g/mol. The molecule has 1 amide bonds. The van der Waals surface area contributed by atoms with E-state index in [0.29, 0.717) is 6.42 Å². The van der Waals surface area contributed by atoms with Gasteiger partial charge in [0, 0.05) is 17.6 Å². The molecule has 8 heteroatoms. The van der Waals surface area contributed by atoms with E-state index < -0.39 is 10.0 Å². The molecule has 1 saturated carbocycles. The van der Waals surface area contributed by atoms with Crippen molar-refractivity contribution in [3.8, 4) is 0 Å². The number of nitrogens with one attached hydrogen (secondary N) is 1. The Kier molecular flexibility index (Phi) is 7.57. The zero-order valence-electron chi connectivity index (χ0n) is 16.0. The van der Waals surface area contributed by atoms with Crippen molar-refractivity contribution in [2.24, 2.45) is 0 Å². The Bertz CT molecular complexity index is 946. The van der Waals surface area contributed by atoms with Gasteiger partial charge in [-0.25, -0.2) is 8.42 Å². The Hall–Kier alpha value is -1.60. The second kappa shape index (κ2) is 9.94. The third-order valence-corrected chi connectivity index (χ3v) is 7.61. The first-order chi connectivity index (χ1) is 13.9. The SMILES string of the molecule is O=C(CN(CCc1ccccc1)S(=O)(=O)c1cc(Cl)ccc1Cl)NC1CCCC1. The van der Waals surface area contributed by atoms with Gasteiger partial charge in [0.15, 0.2) is 0 Å². The quantitative estimate of drug-likeness (QED) is 0.646. The lowest BCUT2D eigenvalue weighted by atomic mass is 10.1. The van der Waals surface area contributed by atoms with Crippen LogP contribution >= 0.6 is 23.2 Å². The number of hydrogen-bond donors (Lipinski definition) is 1. The van der Waals surface area contributed by atoms with Crippen LogP contribution in [0.15, 0.2) is 53.4 Å². The van der Waals surface area contributed by atoms with Crippen LogP contribution in [-0.2, 0) is 21.2 Å². The first-order valence-electron chi connectivity index (χ1n) is 9.65. The van der Waals surface area contributed by atoms with Crippen molar-refractivity contribution in [2.45, 2.75) is 43.0 Å². The van der Waals surface area contributed by atoms with Gasteiger partial charge >= 0.3 is 0 Å². The van der Waals surface area contributed by atoms with Crippen LogP contribution < -0.4 is 5.32 Å². The molecule has 2 aromatic rings. The summed E-state index contributed by atoms with van der Waals surface area (Å²) in [6.45, 7) is -0.0955. The standard InChI is InChI=1S/C21H24Cl2N2O3S/c22-17-10-11-19(23)20(14-17)29(27,28)25(13-12-16-6-2-1-3-7-16)15-21(26)24-18-8-4-5-9-18/h1-3,6-7,10-11,14,18H,4-5,8-9,12-13,15H2,(H,24,26). The Morgan fingerprint density at radius 2 is 1.76 bits per heavy atom. The van der Waals surface area contributed by atoms with Crippen molar-refractivity contribution in [1.82, 2.24) is 9.62 Å². The molecular weight excluding hydrogens is 431 g/mol. The van der Waals surface area contributed by atoms with E-state index in [9.17, 15) is 13.2 Å². The Labute approximate surface area is 182 Å². The molecule has 1 aliphatic rings. The minimum Gasteiger partial charge on any atom is -0.352 e. The van der Waals surface area contributed by atoms with Crippen LogP contribution in [0, 0.1) is 0 Å². The number of nitrogens with zero attached hydrogens (tertiary/aromatic N) is 1. The number of benzene rings is 2. The van der Waals surface area contributed by atoms with Gasteiger partial charge < -0.3 is 5.32 Å². The fourth-order valence-electron chi connectivity index (χ4n) is 3.50. The van der Waals surface area contributed by atoms with E-state index in [0.717, 1.165) is 31.2 Å². The summed E-state index contributed by atoms with van der Waals surface area (Å²) < 4.78 is 27.8. The first kappa shape index (κ1) is 22.1. The van der Waals surface area contributed by atoms with Crippen LogP contribution in [0.2, 0.25) is 10.0 Å². The summed E-state index contributed by atoms with van der Waals surface area (Å²) in [7, 11) is -4.00. The Morgan fingerprint density at radius 3 is 2.45 bits per heavy atom.